The highest BCUT2D eigenvalue weighted by Crippen LogP contribution is 2.49. The highest BCUT2D eigenvalue weighted by molar-refractivity contribution is 9.10. The van der Waals surface area contributed by atoms with Gasteiger partial charge in [-0.1, -0.05) is 24.3 Å². The standard InChI is InChI=1S/C34H39BrN2O6/c1-8-43-31-23(35)15-22(16-27(31)42-7)28-29(32(39)36-24-13-18(2)9-11-20(24)4)26(38)17-34(6,41)30(28)33(40)37-25-14-19(3)10-12-21(25)5/h9-16,28-30,41H,8,17H2,1-7H3,(H,36,39)(H,37,40). The van der Waals surface area contributed by atoms with Gasteiger partial charge in [-0.15, -0.1) is 0 Å². The Bertz CT molecular complexity index is 1570. The van der Waals surface area contributed by atoms with Gasteiger partial charge in [-0.25, -0.2) is 0 Å². The summed E-state index contributed by atoms with van der Waals surface area (Å²) < 4.78 is 11.9. The Labute approximate surface area is 261 Å². The molecule has 3 aromatic carbocycles. The van der Waals surface area contributed by atoms with Crippen LogP contribution in [0.1, 0.15) is 54.0 Å². The number of methoxy groups -OCH3 is 1. The quantitative estimate of drug-likeness (QED) is 0.243. The molecule has 1 aliphatic rings. The first-order valence-electron chi connectivity index (χ1n) is 14.3. The lowest BCUT2D eigenvalue weighted by molar-refractivity contribution is -0.150. The van der Waals surface area contributed by atoms with Gasteiger partial charge < -0.3 is 25.2 Å². The minimum Gasteiger partial charge on any atom is -0.493 e. The third kappa shape index (κ3) is 6.78. The molecule has 0 aromatic heterocycles. The molecule has 228 valence electrons. The molecule has 0 saturated heterocycles. The summed E-state index contributed by atoms with van der Waals surface area (Å²) in [6, 6.07) is 14.8. The number of hydrogen-bond acceptors (Lipinski definition) is 6. The van der Waals surface area contributed by atoms with Gasteiger partial charge in [0.25, 0.3) is 0 Å². The molecule has 4 rings (SSSR count). The van der Waals surface area contributed by atoms with Crippen molar-refractivity contribution in [1.82, 2.24) is 0 Å². The van der Waals surface area contributed by atoms with Crippen molar-refractivity contribution in [3.05, 3.63) is 80.8 Å². The van der Waals surface area contributed by atoms with E-state index in [1.54, 1.807) is 12.1 Å². The number of ether oxygens (including phenoxy) is 2. The Balaban J connectivity index is 1.88. The number of aliphatic hydroxyl groups is 1. The Hall–Kier alpha value is -3.69. The van der Waals surface area contributed by atoms with Gasteiger partial charge in [0.15, 0.2) is 11.5 Å². The van der Waals surface area contributed by atoms with Crippen LogP contribution in [0.15, 0.2) is 53.0 Å². The molecule has 0 radical (unpaired) electrons. The van der Waals surface area contributed by atoms with Crippen molar-refractivity contribution in [2.24, 2.45) is 11.8 Å². The van der Waals surface area contributed by atoms with Crippen LogP contribution in [0.2, 0.25) is 0 Å². The summed E-state index contributed by atoms with van der Waals surface area (Å²) in [5.41, 5.74) is 3.47. The van der Waals surface area contributed by atoms with Gasteiger partial charge in [0.2, 0.25) is 11.8 Å². The SMILES string of the molecule is CCOc1c(Br)cc(C2C(C(=O)Nc3cc(C)ccc3C)C(=O)CC(C)(O)C2C(=O)Nc2cc(C)ccc2C)cc1OC. The molecule has 43 heavy (non-hydrogen) atoms. The van der Waals surface area contributed by atoms with E-state index < -0.39 is 41.0 Å². The van der Waals surface area contributed by atoms with Crippen molar-refractivity contribution in [1.29, 1.82) is 0 Å². The maximum atomic E-state index is 14.2. The van der Waals surface area contributed by atoms with Crippen LogP contribution in [0.25, 0.3) is 0 Å². The van der Waals surface area contributed by atoms with Gasteiger partial charge in [-0.2, -0.15) is 0 Å². The fourth-order valence-electron chi connectivity index (χ4n) is 5.87. The Morgan fingerprint density at radius 1 is 0.953 bits per heavy atom. The molecule has 0 bridgehead atoms. The maximum Gasteiger partial charge on any atom is 0.235 e. The minimum absolute atomic E-state index is 0.366. The smallest absolute Gasteiger partial charge is 0.235 e. The first kappa shape index (κ1) is 32.2. The molecule has 9 heteroatoms. The average molecular weight is 652 g/mol. The number of anilines is 2. The number of carbonyl (C=O) groups excluding carboxylic acids is 3. The van der Waals surface area contributed by atoms with E-state index in [1.165, 1.54) is 14.0 Å². The van der Waals surface area contributed by atoms with Crippen molar-refractivity contribution in [3.63, 3.8) is 0 Å². The monoisotopic (exact) mass is 650 g/mol. The molecular formula is C34H39BrN2O6. The van der Waals surface area contributed by atoms with Gasteiger partial charge in [-0.3, -0.25) is 14.4 Å². The Kier molecular flexibility index (Phi) is 9.66. The maximum absolute atomic E-state index is 14.2. The second-order valence-electron chi connectivity index (χ2n) is 11.6. The van der Waals surface area contributed by atoms with E-state index in [0.29, 0.717) is 39.5 Å². The molecule has 3 N–H and O–H groups in total. The number of ketones is 1. The Morgan fingerprint density at radius 2 is 1.51 bits per heavy atom. The molecule has 8 nitrogen and oxygen atoms in total. The predicted octanol–water partition coefficient (Wildman–Crippen LogP) is 6.41. The molecule has 1 saturated carbocycles. The van der Waals surface area contributed by atoms with E-state index in [1.807, 2.05) is 71.0 Å². The van der Waals surface area contributed by atoms with E-state index in [4.69, 9.17) is 9.47 Å². The van der Waals surface area contributed by atoms with Crippen LogP contribution in [0.4, 0.5) is 11.4 Å². The zero-order chi connectivity index (χ0) is 31.6. The lowest BCUT2D eigenvalue weighted by atomic mass is 9.61. The van der Waals surface area contributed by atoms with E-state index in [0.717, 1.165) is 22.3 Å². The highest BCUT2D eigenvalue weighted by Gasteiger charge is 2.56. The summed E-state index contributed by atoms with van der Waals surface area (Å²) in [6.07, 6.45) is -0.366. The lowest BCUT2D eigenvalue weighted by Crippen LogP contribution is -2.56. The number of benzene rings is 3. The molecule has 1 fully saturated rings. The number of amides is 2. The molecule has 4 atom stereocenters. The summed E-state index contributed by atoms with van der Waals surface area (Å²) in [6.45, 7) is 11.3. The second-order valence-corrected chi connectivity index (χ2v) is 12.4. The normalized spacial score (nSPS) is 21.7. The molecule has 1 aliphatic carbocycles. The van der Waals surface area contributed by atoms with Crippen LogP contribution in [-0.4, -0.2) is 42.0 Å². The van der Waals surface area contributed by atoms with Gasteiger partial charge in [0.05, 0.1) is 29.7 Å². The number of hydrogen-bond donors (Lipinski definition) is 3. The molecular weight excluding hydrogens is 612 g/mol. The molecule has 4 unspecified atom stereocenters. The minimum atomic E-state index is -1.75. The second kappa shape index (κ2) is 12.9. The first-order valence-corrected chi connectivity index (χ1v) is 15.1. The predicted molar refractivity (Wildman–Crippen MR) is 171 cm³/mol. The fraction of sp³-hybridized carbons (Fsp3) is 0.382. The van der Waals surface area contributed by atoms with E-state index in [2.05, 4.69) is 26.6 Å². The van der Waals surface area contributed by atoms with Crippen LogP contribution < -0.4 is 20.1 Å². The molecule has 2 amide bonds. The topological polar surface area (TPSA) is 114 Å². The van der Waals surface area contributed by atoms with Gasteiger partial charge in [0.1, 0.15) is 11.7 Å². The van der Waals surface area contributed by atoms with E-state index >= 15 is 0 Å². The van der Waals surface area contributed by atoms with Crippen LogP contribution in [0.5, 0.6) is 11.5 Å². The van der Waals surface area contributed by atoms with Crippen LogP contribution >= 0.6 is 15.9 Å². The fourth-order valence-corrected chi connectivity index (χ4v) is 6.44. The van der Waals surface area contributed by atoms with Crippen molar-refractivity contribution in [3.8, 4) is 11.5 Å². The number of nitrogens with one attached hydrogen (secondary N) is 2. The summed E-state index contributed by atoms with van der Waals surface area (Å²) >= 11 is 3.55. The number of rotatable bonds is 8. The van der Waals surface area contributed by atoms with Crippen molar-refractivity contribution in [2.45, 2.75) is 59.5 Å². The number of Topliss-reactive ketones (excluding diaryl/α,β-unsaturated/α-hetero) is 1. The third-order valence-corrected chi connectivity index (χ3v) is 8.65. The Morgan fingerprint density at radius 3 is 2.05 bits per heavy atom. The summed E-state index contributed by atoms with van der Waals surface area (Å²) in [5, 5.41) is 17.7. The molecule has 0 spiro atoms. The van der Waals surface area contributed by atoms with Gasteiger partial charge >= 0.3 is 0 Å². The van der Waals surface area contributed by atoms with Crippen LogP contribution in [0.3, 0.4) is 0 Å². The van der Waals surface area contributed by atoms with Crippen molar-refractivity contribution in [2.75, 3.05) is 24.4 Å². The van der Waals surface area contributed by atoms with Crippen molar-refractivity contribution >= 4 is 44.9 Å². The van der Waals surface area contributed by atoms with E-state index in [9.17, 15) is 19.5 Å². The summed E-state index contributed by atoms with van der Waals surface area (Å²) in [4.78, 5) is 42.0. The third-order valence-electron chi connectivity index (χ3n) is 8.06. The molecule has 0 aliphatic heterocycles. The molecule has 0 heterocycles. The summed E-state index contributed by atoms with van der Waals surface area (Å²) in [5.74, 6) is -4.16. The summed E-state index contributed by atoms with van der Waals surface area (Å²) in [7, 11) is 1.49. The lowest BCUT2D eigenvalue weighted by Gasteiger charge is -2.44. The number of aryl methyl sites for hydroxylation is 4. The largest absolute Gasteiger partial charge is 0.493 e. The van der Waals surface area contributed by atoms with Crippen LogP contribution in [-0.2, 0) is 14.4 Å². The van der Waals surface area contributed by atoms with E-state index in [-0.39, 0.29) is 6.42 Å². The highest BCUT2D eigenvalue weighted by atomic mass is 79.9. The number of carbonyl (C=O) groups is 3. The average Bonchev–Trinajstić information content (AvgIpc) is 2.92. The first-order chi connectivity index (χ1) is 20.3. The van der Waals surface area contributed by atoms with Crippen molar-refractivity contribution < 1.29 is 29.0 Å². The van der Waals surface area contributed by atoms with Gasteiger partial charge in [-0.05, 0) is 110 Å². The van der Waals surface area contributed by atoms with Crippen LogP contribution in [0, 0.1) is 39.5 Å². The van der Waals surface area contributed by atoms with Gasteiger partial charge in [0, 0.05) is 23.7 Å². The number of halogens is 1. The molecule has 3 aromatic rings. The zero-order valence-electron chi connectivity index (χ0n) is 25.6. The zero-order valence-corrected chi connectivity index (χ0v) is 27.2.